The van der Waals surface area contributed by atoms with Gasteiger partial charge < -0.3 is 19.3 Å². The molecule has 3 atom stereocenters. The van der Waals surface area contributed by atoms with Crippen LogP contribution in [0.5, 0.6) is 0 Å². The number of aromatic nitrogens is 2. The SMILES string of the molecule is O=C(O[C@H]1C[C@@H](C(=O)O)O[C@H]1n1ccc(=O)n(COCc2ccccc2)c1=O)c1ccccc1. The second-order valence-electron chi connectivity index (χ2n) is 7.63. The van der Waals surface area contributed by atoms with Crippen molar-refractivity contribution >= 4 is 11.9 Å². The van der Waals surface area contributed by atoms with E-state index in [9.17, 15) is 24.3 Å². The third kappa shape index (κ3) is 5.13. The highest BCUT2D eigenvalue weighted by molar-refractivity contribution is 5.89. The number of carbonyl (C=O) groups is 2. The lowest BCUT2D eigenvalue weighted by molar-refractivity contribution is -0.152. The van der Waals surface area contributed by atoms with Crippen LogP contribution in [-0.2, 0) is 32.3 Å². The van der Waals surface area contributed by atoms with Crippen molar-refractivity contribution in [1.82, 2.24) is 9.13 Å². The van der Waals surface area contributed by atoms with E-state index >= 15 is 0 Å². The molecular formula is C24H22N2O8. The average molecular weight is 466 g/mol. The number of aliphatic carboxylic acids is 1. The standard InChI is InChI=1S/C24H22N2O8/c27-20-11-12-25(24(31)26(20)15-32-14-16-7-3-1-4-8-16)21-18(13-19(33-21)22(28)29)34-23(30)17-9-5-2-6-10-17/h1-12,18-19,21H,13-15H2,(H,28,29)/t18-,19-,21+/m0/s1. The fourth-order valence-electron chi connectivity index (χ4n) is 3.60. The van der Waals surface area contributed by atoms with Crippen molar-refractivity contribution in [3.05, 3.63) is 105 Å². The molecule has 0 spiro atoms. The molecule has 10 nitrogen and oxygen atoms in total. The second-order valence-corrected chi connectivity index (χ2v) is 7.63. The van der Waals surface area contributed by atoms with E-state index in [1.54, 1.807) is 30.3 Å². The summed E-state index contributed by atoms with van der Waals surface area (Å²) in [4.78, 5) is 49.5. The Balaban J connectivity index is 1.56. The fraction of sp³-hybridized carbons (Fsp3) is 0.250. The predicted molar refractivity (Wildman–Crippen MR) is 118 cm³/mol. The molecule has 1 saturated heterocycles. The van der Waals surface area contributed by atoms with Gasteiger partial charge >= 0.3 is 17.6 Å². The van der Waals surface area contributed by atoms with Gasteiger partial charge in [-0.2, -0.15) is 0 Å². The summed E-state index contributed by atoms with van der Waals surface area (Å²) in [5, 5.41) is 9.41. The van der Waals surface area contributed by atoms with Crippen LogP contribution < -0.4 is 11.2 Å². The zero-order valence-electron chi connectivity index (χ0n) is 18.0. The number of carboxylic acid groups (broad SMARTS) is 1. The summed E-state index contributed by atoms with van der Waals surface area (Å²) in [6.45, 7) is -0.142. The van der Waals surface area contributed by atoms with Gasteiger partial charge in [0.25, 0.3) is 5.56 Å². The minimum Gasteiger partial charge on any atom is -0.479 e. The molecule has 176 valence electrons. The van der Waals surface area contributed by atoms with Crippen LogP contribution in [-0.4, -0.2) is 38.4 Å². The fourth-order valence-corrected chi connectivity index (χ4v) is 3.60. The van der Waals surface area contributed by atoms with Crippen molar-refractivity contribution in [1.29, 1.82) is 0 Å². The number of benzene rings is 2. The van der Waals surface area contributed by atoms with E-state index in [2.05, 4.69) is 0 Å². The Kier molecular flexibility index (Phi) is 7.00. The molecule has 1 aromatic heterocycles. The van der Waals surface area contributed by atoms with E-state index in [4.69, 9.17) is 14.2 Å². The number of esters is 1. The highest BCUT2D eigenvalue weighted by Crippen LogP contribution is 2.31. The van der Waals surface area contributed by atoms with Crippen LogP contribution in [0.3, 0.4) is 0 Å². The lowest BCUT2D eigenvalue weighted by Crippen LogP contribution is -2.43. The second kappa shape index (κ2) is 10.3. The number of hydrogen-bond acceptors (Lipinski definition) is 7. The van der Waals surface area contributed by atoms with Gasteiger partial charge in [0.1, 0.15) is 6.73 Å². The van der Waals surface area contributed by atoms with Crippen LogP contribution in [0.2, 0.25) is 0 Å². The zero-order chi connectivity index (χ0) is 24.1. The van der Waals surface area contributed by atoms with Gasteiger partial charge in [0.05, 0.1) is 12.2 Å². The summed E-state index contributed by atoms with van der Waals surface area (Å²) in [5.41, 5.74) is -0.243. The van der Waals surface area contributed by atoms with Gasteiger partial charge in [-0.25, -0.2) is 19.0 Å². The highest BCUT2D eigenvalue weighted by atomic mass is 16.6. The maximum atomic E-state index is 13.1. The van der Waals surface area contributed by atoms with Crippen molar-refractivity contribution in [3.63, 3.8) is 0 Å². The lowest BCUT2D eigenvalue weighted by Gasteiger charge is -2.21. The zero-order valence-corrected chi connectivity index (χ0v) is 18.0. The Hall–Kier alpha value is -4.02. The van der Waals surface area contributed by atoms with Crippen molar-refractivity contribution in [2.24, 2.45) is 0 Å². The largest absolute Gasteiger partial charge is 0.479 e. The Morgan fingerprint density at radius 3 is 2.35 bits per heavy atom. The quantitative estimate of drug-likeness (QED) is 0.498. The Labute approximate surface area is 193 Å². The molecule has 1 aliphatic heterocycles. The first-order chi connectivity index (χ1) is 16.4. The molecule has 0 aliphatic carbocycles. The van der Waals surface area contributed by atoms with Crippen molar-refractivity contribution in [2.45, 2.75) is 38.2 Å². The van der Waals surface area contributed by atoms with Crippen LogP contribution in [0.25, 0.3) is 0 Å². The van der Waals surface area contributed by atoms with E-state index < -0.39 is 41.6 Å². The predicted octanol–water partition coefficient (Wildman–Crippen LogP) is 1.78. The molecule has 10 heteroatoms. The van der Waals surface area contributed by atoms with Gasteiger partial charge in [0, 0.05) is 18.7 Å². The van der Waals surface area contributed by atoms with Gasteiger partial charge in [-0.1, -0.05) is 48.5 Å². The van der Waals surface area contributed by atoms with Crippen LogP contribution in [0.1, 0.15) is 28.6 Å². The van der Waals surface area contributed by atoms with E-state index in [1.165, 1.54) is 6.20 Å². The monoisotopic (exact) mass is 466 g/mol. The first kappa shape index (κ1) is 23.1. The van der Waals surface area contributed by atoms with Crippen molar-refractivity contribution in [2.75, 3.05) is 0 Å². The number of carboxylic acids is 1. The van der Waals surface area contributed by atoms with Crippen molar-refractivity contribution < 1.29 is 28.9 Å². The number of rotatable bonds is 8. The topological polar surface area (TPSA) is 126 Å². The molecule has 0 bridgehead atoms. The van der Waals surface area contributed by atoms with Gasteiger partial charge in [0.2, 0.25) is 0 Å². The van der Waals surface area contributed by atoms with Crippen molar-refractivity contribution in [3.8, 4) is 0 Å². The molecule has 34 heavy (non-hydrogen) atoms. The minimum absolute atomic E-state index is 0.158. The normalized spacial score (nSPS) is 19.6. The van der Waals surface area contributed by atoms with Crippen LogP contribution in [0, 0.1) is 0 Å². The molecule has 1 N–H and O–H groups in total. The molecule has 2 aromatic carbocycles. The molecular weight excluding hydrogens is 444 g/mol. The summed E-state index contributed by atoms with van der Waals surface area (Å²) in [6, 6.07) is 18.5. The summed E-state index contributed by atoms with van der Waals surface area (Å²) < 4.78 is 18.5. The Bertz CT molecular complexity index is 1270. The molecule has 0 unspecified atom stereocenters. The average Bonchev–Trinajstić information content (AvgIpc) is 3.26. The van der Waals surface area contributed by atoms with E-state index in [-0.39, 0.29) is 25.3 Å². The number of carbonyl (C=O) groups excluding carboxylic acids is 1. The smallest absolute Gasteiger partial charge is 0.338 e. The van der Waals surface area contributed by atoms with E-state index in [1.807, 2.05) is 30.3 Å². The number of ether oxygens (including phenoxy) is 3. The highest BCUT2D eigenvalue weighted by Gasteiger charge is 2.43. The van der Waals surface area contributed by atoms with Gasteiger partial charge in [-0.15, -0.1) is 0 Å². The summed E-state index contributed by atoms with van der Waals surface area (Å²) in [6.07, 6.45) is -2.56. The number of nitrogens with zero attached hydrogens (tertiary/aromatic N) is 2. The maximum Gasteiger partial charge on any atom is 0.338 e. The van der Waals surface area contributed by atoms with Crippen LogP contribution in [0.4, 0.5) is 0 Å². The maximum absolute atomic E-state index is 13.1. The van der Waals surface area contributed by atoms with E-state index in [0.717, 1.165) is 20.8 Å². The minimum atomic E-state index is -1.29. The Morgan fingerprint density at radius 2 is 1.68 bits per heavy atom. The molecule has 4 rings (SSSR count). The van der Waals surface area contributed by atoms with Gasteiger partial charge in [-0.3, -0.25) is 9.36 Å². The summed E-state index contributed by atoms with van der Waals surface area (Å²) >= 11 is 0. The third-order valence-corrected chi connectivity index (χ3v) is 5.31. The number of hydrogen-bond donors (Lipinski definition) is 1. The summed E-state index contributed by atoms with van der Waals surface area (Å²) in [7, 11) is 0. The molecule has 2 heterocycles. The van der Waals surface area contributed by atoms with Gasteiger partial charge in [0.15, 0.2) is 18.4 Å². The van der Waals surface area contributed by atoms with Crippen LogP contribution >= 0.6 is 0 Å². The van der Waals surface area contributed by atoms with Crippen LogP contribution in [0.15, 0.2) is 82.5 Å². The molecule has 1 aliphatic rings. The summed E-state index contributed by atoms with van der Waals surface area (Å²) in [5.74, 6) is -1.94. The van der Waals surface area contributed by atoms with E-state index in [0.29, 0.717) is 0 Å². The molecule has 0 radical (unpaired) electrons. The lowest BCUT2D eigenvalue weighted by atomic mass is 10.2. The molecule has 0 saturated carbocycles. The molecule has 0 amide bonds. The first-order valence-electron chi connectivity index (χ1n) is 10.5. The third-order valence-electron chi connectivity index (χ3n) is 5.31. The Morgan fingerprint density at radius 1 is 1.00 bits per heavy atom. The molecule has 1 fully saturated rings. The van der Waals surface area contributed by atoms with Gasteiger partial charge in [-0.05, 0) is 17.7 Å². The first-order valence-corrected chi connectivity index (χ1v) is 10.5. The molecule has 3 aromatic rings.